The van der Waals surface area contributed by atoms with Crippen molar-refractivity contribution >= 4 is 60.1 Å². The fourth-order valence-corrected chi connectivity index (χ4v) is 6.07. The zero-order valence-corrected chi connectivity index (χ0v) is 24.9. The summed E-state index contributed by atoms with van der Waals surface area (Å²) in [4.78, 5) is 33.1. The Morgan fingerprint density at radius 3 is 2.46 bits per heavy atom. The number of thiazole rings is 1. The number of aliphatic hydroxyl groups is 1. The molecule has 1 aromatic heterocycles. The Labute approximate surface area is 248 Å². The number of rotatable bonds is 9. The molecule has 5 rings (SSSR count). The second-order valence-corrected chi connectivity index (χ2v) is 11.0. The van der Waals surface area contributed by atoms with Gasteiger partial charge in [0.05, 0.1) is 46.6 Å². The van der Waals surface area contributed by atoms with E-state index in [0.29, 0.717) is 45.8 Å². The molecule has 1 fully saturated rings. The maximum Gasteiger partial charge on any atom is 0.301 e. The first kappa shape index (κ1) is 28.4. The predicted octanol–water partition coefficient (Wildman–Crippen LogP) is 6.59. The van der Waals surface area contributed by atoms with Crippen molar-refractivity contribution in [3.8, 4) is 23.0 Å². The molecule has 0 spiro atoms. The summed E-state index contributed by atoms with van der Waals surface area (Å²) >= 11 is 4.56. The second-order valence-electron chi connectivity index (χ2n) is 9.15. The molecule has 0 radical (unpaired) electrons. The molecule has 11 heteroatoms. The Balaban J connectivity index is 1.68. The van der Waals surface area contributed by atoms with E-state index in [1.165, 1.54) is 29.4 Å². The van der Waals surface area contributed by atoms with E-state index in [0.717, 1.165) is 11.1 Å². The van der Waals surface area contributed by atoms with Crippen LogP contribution in [-0.4, -0.2) is 47.2 Å². The first-order chi connectivity index (χ1) is 19.8. The van der Waals surface area contributed by atoms with Crippen LogP contribution in [-0.2, 0) is 9.59 Å². The van der Waals surface area contributed by atoms with Gasteiger partial charge in [0.1, 0.15) is 17.3 Å². The van der Waals surface area contributed by atoms with E-state index < -0.39 is 17.7 Å². The fraction of sp³-hybridized carbons (Fsp3) is 0.233. The largest absolute Gasteiger partial charge is 0.507 e. The number of anilines is 1. The number of aromatic nitrogens is 1. The highest BCUT2D eigenvalue weighted by molar-refractivity contribution is 9.10. The molecule has 0 aliphatic carbocycles. The Morgan fingerprint density at radius 2 is 1.78 bits per heavy atom. The number of phenols is 1. The van der Waals surface area contributed by atoms with Gasteiger partial charge in [0.25, 0.3) is 5.78 Å². The number of methoxy groups -OCH3 is 1. The van der Waals surface area contributed by atoms with Crippen LogP contribution in [0.25, 0.3) is 16.0 Å². The highest BCUT2D eigenvalue weighted by Gasteiger charge is 2.48. The Hall–Kier alpha value is -4.09. The van der Waals surface area contributed by atoms with Gasteiger partial charge in [-0.15, -0.1) is 0 Å². The number of aliphatic hydroxyl groups excluding tert-OH is 1. The summed E-state index contributed by atoms with van der Waals surface area (Å²) in [6, 6.07) is 14.1. The highest BCUT2D eigenvalue weighted by Crippen LogP contribution is 2.47. The summed E-state index contributed by atoms with van der Waals surface area (Å²) in [5, 5.41) is 22.2. The summed E-state index contributed by atoms with van der Waals surface area (Å²) in [6.07, 6.45) is 0.843. The number of hydrogen-bond donors (Lipinski definition) is 2. The van der Waals surface area contributed by atoms with Gasteiger partial charge in [0, 0.05) is 5.56 Å². The van der Waals surface area contributed by atoms with Gasteiger partial charge < -0.3 is 24.4 Å². The van der Waals surface area contributed by atoms with Crippen LogP contribution in [0.2, 0.25) is 0 Å². The summed E-state index contributed by atoms with van der Waals surface area (Å²) in [6.45, 7) is 4.92. The van der Waals surface area contributed by atoms with Crippen molar-refractivity contribution in [2.24, 2.45) is 0 Å². The van der Waals surface area contributed by atoms with E-state index in [1.807, 2.05) is 19.9 Å². The van der Waals surface area contributed by atoms with Crippen LogP contribution in [0.5, 0.6) is 23.0 Å². The Bertz CT molecular complexity index is 1670. The van der Waals surface area contributed by atoms with Gasteiger partial charge in [-0.3, -0.25) is 14.5 Å². The molecule has 0 bridgehead atoms. The number of ether oxygens (including phenoxy) is 3. The molecule has 2 heterocycles. The number of amides is 1. The molecule has 1 amide bonds. The summed E-state index contributed by atoms with van der Waals surface area (Å²) in [5.74, 6) is -0.785. The van der Waals surface area contributed by atoms with E-state index in [1.54, 1.807) is 42.5 Å². The SMILES string of the molecule is CCCOc1ccc(C(O)=C2C(=O)C(=O)N(c3nc4ccc(OCC)cc4s3)C2c2cc(Br)c(O)c(OC)c2)cc1. The molecule has 1 aliphatic rings. The predicted molar refractivity (Wildman–Crippen MR) is 160 cm³/mol. The molecule has 3 aromatic carbocycles. The van der Waals surface area contributed by atoms with E-state index >= 15 is 0 Å². The van der Waals surface area contributed by atoms with Crippen LogP contribution >= 0.6 is 27.3 Å². The fourth-order valence-electron chi connectivity index (χ4n) is 4.59. The number of halogens is 1. The molecule has 41 heavy (non-hydrogen) atoms. The zero-order valence-electron chi connectivity index (χ0n) is 22.5. The van der Waals surface area contributed by atoms with Gasteiger partial charge in [0.2, 0.25) is 0 Å². The second kappa shape index (κ2) is 11.8. The minimum atomic E-state index is -1.07. The van der Waals surface area contributed by atoms with Crippen molar-refractivity contribution in [3.63, 3.8) is 0 Å². The molecule has 4 aromatic rings. The van der Waals surface area contributed by atoms with Crippen LogP contribution in [0.15, 0.2) is 64.6 Å². The van der Waals surface area contributed by atoms with E-state index in [4.69, 9.17) is 14.2 Å². The molecule has 1 saturated heterocycles. The van der Waals surface area contributed by atoms with Crippen molar-refractivity contribution < 1.29 is 34.0 Å². The monoisotopic (exact) mass is 638 g/mol. The Morgan fingerprint density at radius 1 is 1.05 bits per heavy atom. The quantitative estimate of drug-likeness (QED) is 0.120. The van der Waals surface area contributed by atoms with E-state index in [-0.39, 0.29) is 28.0 Å². The lowest BCUT2D eigenvalue weighted by Gasteiger charge is -2.24. The number of nitrogens with zero attached hydrogens (tertiary/aromatic N) is 2. The molecule has 212 valence electrons. The maximum absolute atomic E-state index is 13.6. The van der Waals surface area contributed by atoms with Gasteiger partial charge in [-0.2, -0.15) is 0 Å². The summed E-state index contributed by atoms with van der Waals surface area (Å²) in [5.41, 5.74) is 1.27. The van der Waals surface area contributed by atoms with Gasteiger partial charge in [-0.1, -0.05) is 18.3 Å². The third-order valence-corrected chi connectivity index (χ3v) is 8.12. The lowest BCUT2D eigenvalue weighted by molar-refractivity contribution is -0.132. The molecule has 1 atom stereocenters. The Kier molecular flexibility index (Phi) is 8.18. The smallest absolute Gasteiger partial charge is 0.301 e. The number of Topliss-reactive ketones (excluding diaryl/α,β-unsaturated/α-hetero) is 1. The first-order valence-electron chi connectivity index (χ1n) is 12.9. The number of fused-ring (bicyclic) bond motifs is 1. The minimum absolute atomic E-state index is 0.119. The van der Waals surface area contributed by atoms with Crippen molar-refractivity contribution in [2.75, 3.05) is 25.2 Å². The number of aromatic hydroxyl groups is 1. The number of carbonyl (C=O) groups is 2. The summed E-state index contributed by atoms with van der Waals surface area (Å²) < 4.78 is 17.6. The van der Waals surface area contributed by atoms with Gasteiger partial charge >= 0.3 is 5.91 Å². The molecular formula is C30H27BrN2O7S. The number of phenolic OH excluding ortho intramolecular Hbond substituents is 1. The van der Waals surface area contributed by atoms with Crippen LogP contribution in [0.3, 0.4) is 0 Å². The molecule has 1 unspecified atom stereocenters. The average molecular weight is 640 g/mol. The minimum Gasteiger partial charge on any atom is -0.507 e. The molecule has 2 N–H and O–H groups in total. The van der Waals surface area contributed by atoms with Crippen LogP contribution in [0, 0.1) is 0 Å². The van der Waals surface area contributed by atoms with Gasteiger partial charge in [0.15, 0.2) is 16.6 Å². The van der Waals surface area contributed by atoms with Crippen molar-refractivity contribution in [1.29, 1.82) is 0 Å². The highest BCUT2D eigenvalue weighted by atomic mass is 79.9. The first-order valence-corrected chi connectivity index (χ1v) is 14.5. The van der Waals surface area contributed by atoms with E-state index in [9.17, 15) is 19.8 Å². The van der Waals surface area contributed by atoms with Crippen molar-refractivity contribution in [1.82, 2.24) is 4.98 Å². The van der Waals surface area contributed by atoms with Crippen molar-refractivity contribution in [3.05, 3.63) is 75.8 Å². The summed E-state index contributed by atoms with van der Waals surface area (Å²) in [7, 11) is 1.40. The number of carbonyl (C=O) groups excluding carboxylic acids is 2. The standard InChI is InChI=1S/C30H27BrN2O7S/c1-4-12-40-18-8-6-16(7-9-18)26(34)24-25(17-13-20(31)27(35)22(14-17)38-3)33(29(37)28(24)36)30-32-21-11-10-19(39-5-2)15-23(21)41-30/h6-11,13-15,25,34-35H,4-5,12H2,1-3H3. The normalized spacial score (nSPS) is 16.4. The maximum atomic E-state index is 13.6. The lowest BCUT2D eigenvalue weighted by atomic mass is 9.95. The lowest BCUT2D eigenvalue weighted by Crippen LogP contribution is -2.29. The van der Waals surface area contributed by atoms with Crippen LogP contribution in [0.4, 0.5) is 5.13 Å². The third kappa shape index (κ3) is 5.34. The number of benzene rings is 3. The molecule has 0 saturated carbocycles. The van der Waals surface area contributed by atoms with Gasteiger partial charge in [-0.25, -0.2) is 4.98 Å². The number of ketones is 1. The topological polar surface area (TPSA) is 118 Å². The zero-order chi connectivity index (χ0) is 29.3. The average Bonchev–Trinajstić information content (AvgIpc) is 3.51. The third-order valence-electron chi connectivity index (χ3n) is 6.50. The van der Waals surface area contributed by atoms with Crippen LogP contribution < -0.4 is 19.1 Å². The van der Waals surface area contributed by atoms with Crippen LogP contribution in [0.1, 0.15) is 37.4 Å². The number of hydrogen-bond acceptors (Lipinski definition) is 9. The molecular weight excluding hydrogens is 612 g/mol. The van der Waals surface area contributed by atoms with Gasteiger partial charge in [-0.05, 0) is 89.4 Å². The van der Waals surface area contributed by atoms with E-state index in [2.05, 4.69) is 20.9 Å². The molecule has 1 aliphatic heterocycles. The molecule has 9 nitrogen and oxygen atoms in total. The van der Waals surface area contributed by atoms with Crippen molar-refractivity contribution in [2.45, 2.75) is 26.3 Å².